The van der Waals surface area contributed by atoms with Crippen molar-refractivity contribution in [1.82, 2.24) is 10.6 Å². The minimum absolute atomic E-state index is 0.0184. The van der Waals surface area contributed by atoms with Gasteiger partial charge in [0.25, 0.3) is 5.91 Å². The van der Waals surface area contributed by atoms with Crippen LogP contribution >= 0.6 is 0 Å². The van der Waals surface area contributed by atoms with Crippen LogP contribution in [0.25, 0.3) is 0 Å². The van der Waals surface area contributed by atoms with Crippen LogP contribution < -0.4 is 25.6 Å². The van der Waals surface area contributed by atoms with Gasteiger partial charge in [-0.1, -0.05) is 31.0 Å². The fourth-order valence-corrected chi connectivity index (χ4v) is 5.38. The molecule has 50 heavy (non-hydrogen) atoms. The Hall–Kier alpha value is -5.73. The van der Waals surface area contributed by atoms with Crippen molar-refractivity contribution in [3.63, 3.8) is 0 Å². The highest BCUT2D eigenvalue weighted by molar-refractivity contribution is 6.24. The summed E-state index contributed by atoms with van der Waals surface area (Å²) < 4.78 is 6.23. The quantitative estimate of drug-likeness (QED) is 0.146. The molecule has 0 spiro atoms. The van der Waals surface area contributed by atoms with Crippen LogP contribution in [-0.2, 0) is 9.59 Å². The summed E-state index contributed by atoms with van der Waals surface area (Å²) in [5, 5.41) is 26.7. The second-order valence-corrected chi connectivity index (χ2v) is 12.0. The van der Waals surface area contributed by atoms with Crippen molar-refractivity contribution in [3.8, 4) is 11.8 Å². The number of nitrogens with zero attached hydrogens (tertiary/aromatic N) is 3. The Balaban J connectivity index is 1.66. The van der Waals surface area contributed by atoms with E-state index in [2.05, 4.69) is 16.0 Å². The number of carbonyl (C=O) groups is 3. The first-order chi connectivity index (χ1) is 24.0. The van der Waals surface area contributed by atoms with Crippen molar-refractivity contribution in [1.29, 1.82) is 5.26 Å². The Kier molecular flexibility index (Phi) is 13.1. The zero-order valence-electron chi connectivity index (χ0n) is 29.2. The van der Waals surface area contributed by atoms with E-state index >= 15 is 0 Å². The molecular weight excluding hydrogens is 632 g/mol. The normalized spacial score (nSPS) is 13.9. The van der Waals surface area contributed by atoms with Gasteiger partial charge in [-0.2, -0.15) is 5.26 Å². The average molecular weight is 677 g/mol. The van der Waals surface area contributed by atoms with E-state index in [0.717, 1.165) is 35.2 Å². The Morgan fingerprint density at radius 1 is 0.940 bits per heavy atom. The van der Waals surface area contributed by atoms with Gasteiger partial charge in [-0.15, -0.1) is 0 Å². The number of aliphatic imine (C=N–C) groups is 1. The smallest absolute Gasteiger partial charge is 0.323 e. The van der Waals surface area contributed by atoms with E-state index in [-0.39, 0.29) is 23.7 Å². The minimum atomic E-state index is -0.831. The molecule has 3 aromatic carbocycles. The Morgan fingerprint density at radius 2 is 1.70 bits per heavy atom. The number of benzene rings is 3. The molecule has 3 amide bonds. The molecule has 0 aromatic heterocycles. The van der Waals surface area contributed by atoms with E-state index in [1.54, 1.807) is 24.3 Å². The molecule has 1 aliphatic rings. The average Bonchev–Trinajstić information content (AvgIpc) is 3.09. The van der Waals surface area contributed by atoms with Gasteiger partial charge in [0.2, 0.25) is 5.78 Å². The maximum absolute atomic E-state index is 13.8. The van der Waals surface area contributed by atoms with E-state index in [1.165, 1.54) is 12.2 Å². The van der Waals surface area contributed by atoms with Crippen molar-refractivity contribution in [2.24, 2.45) is 4.99 Å². The Bertz CT molecular complexity index is 1860. The molecule has 0 saturated heterocycles. The van der Waals surface area contributed by atoms with Crippen molar-refractivity contribution < 1.29 is 24.2 Å². The maximum atomic E-state index is 13.8. The molecular formula is C39H44N6O5. The number of likely N-dealkylation sites (N-methyl/N-ethyl adjacent to an activating group) is 1. The predicted molar refractivity (Wildman–Crippen MR) is 196 cm³/mol. The van der Waals surface area contributed by atoms with Gasteiger partial charge in [0, 0.05) is 30.5 Å². The predicted octanol–water partition coefficient (Wildman–Crippen LogP) is 6.30. The summed E-state index contributed by atoms with van der Waals surface area (Å²) in [6, 6.07) is 19.1. The summed E-state index contributed by atoms with van der Waals surface area (Å²) in [6.07, 6.45) is 3.91. The molecule has 4 N–H and O–H groups in total. The van der Waals surface area contributed by atoms with Gasteiger partial charge in [-0.05, 0) is 106 Å². The highest BCUT2D eigenvalue weighted by Gasteiger charge is 2.27. The summed E-state index contributed by atoms with van der Waals surface area (Å²) in [5.41, 5.74) is 5.58. The highest BCUT2D eigenvalue weighted by atomic mass is 16.5. The third kappa shape index (κ3) is 9.90. The maximum Gasteiger partial charge on any atom is 0.323 e. The zero-order valence-corrected chi connectivity index (χ0v) is 29.2. The van der Waals surface area contributed by atoms with Gasteiger partial charge in [-0.25, -0.2) is 9.79 Å². The molecule has 4 rings (SSSR count). The van der Waals surface area contributed by atoms with Crippen LogP contribution in [0.2, 0.25) is 0 Å². The highest BCUT2D eigenvalue weighted by Crippen LogP contribution is 2.27. The first-order valence-corrected chi connectivity index (χ1v) is 16.7. The number of hydrogen-bond donors (Lipinski definition) is 4. The molecule has 1 atom stereocenters. The number of anilines is 2. The fourth-order valence-electron chi connectivity index (χ4n) is 5.38. The second-order valence-electron chi connectivity index (χ2n) is 12.0. The number of unbranched alkanes of at least 4 members (excludes halogenated alkanes) is 1. The van der Waals surface area contributed by atoms with E-state index in [4.69, 9.17) is 15.0 Å². The van der Waals surface area contributed by atoms with Crippen molar-refractivity contribution >= 4 is 40.5 Å². The number of nitrogens with one attached hydrogen (secondary N) is 3. The Labute approximate surface area is 293 Å². The number of ether oxygens (including phenoxy) is 1. The molecule has 0 saturated carbocycles. The van der Waals surface area contributed by atoms with Crippen LogP contribution in [0.4, 0.5) is 21.9 Å². The number of allylic oxidation sites excluding steroid dienone is 2. The molecule has 11 heteroatoms. The first kappa shape index (κ1) is 37.1. The molecule has 1 unspecified atom stereocenters. The number of aliphatic hydroxyl groups is 1. The molecule has 0 radical (unpaired) electrons. The van der Waals surface area contributed by atoms with E-state index in [1.807, 2.05) is 82.0 Å². The number of ketones is 1. The molecule has 0 fully saturated rings. The van der Waals surface area contributed by atoms with Crippen molar-refractivity contribution in [3.05, 3.63) is 106 Å². The summed E-state index contributed by atoms with van der Waals surface area (Å²) in [4.78, 5) is 46.9. The van der Waals surface area contributed by atoms with E-state index < -0.39 is 23.8 Å². The molecule has 1 aliphatic carbocycles. The lowest BCUT2D eigenvalue weighted by Crippen LogP contribution is -2.41. The summed E-state index contributed by atoms with van der Waals surface area (Å²) >= 11 is 0. The van der Waals surface area contributed by atoms with Crippen LogP contribution in [-0.4, -0.2) is 54.3 Å². The zero-order chi connectivity index (χ0) is 36.2. The first-order valence-electron chi connectivity index (χ1n) is 16.7. The number of urea groups is 1. The number of rotatable bonds is 14. The van der Waals surface area contributed by atoms with Crippen molar-refractivity contribution in [2.75, 3.05) is 29.9 Å². The lowest BCUT2D eigenvalue weighted by atomic mass is 10.0. The van der Waals surface area contributed by atoms with Crippen molar-refractivity contribution in [2.45, 2.75) is 60.0 Å². The van der Waals surface area contributed by atoms with Gasteiger partial charge in [0.15, 0.2) is 6.10 Å². The lowest BCUT2D eigenvalue weighted by molar-refractivity contribution is -0.127. The molecule has 0 heterocycles. The summed E-state index contributed by atoms with van der Waals surface area (Å²) in [5.74, 6) is -0.361. The monoisotopic (exact) mass is 676 g/mol. The largest absolute Gasteiger partial charge is 0.480 e. The molecule has 11 nitrogen and oxygen atoms in total. The van der Waals surface area contributed by atoms with E-state index in [9.17, 15) is 19.5 Å². The molecule has 3 aromatic rings. The van der Waals surface area contributed by atoms with Gasteiger partial charge in [0.05, 0.1) is 41.0 Å². The van der Waals surface area contributed by atoms with Gasteiger partial charge >= 0.3 is 6.03 Å². The van der Waals surface area contributed by atoms with Crippen LogP contribution in [0.3, 0.4) is 0 Å². The number of nitriles is 1. The van der Waals surface area contributed by atoms with E-state index in [0.29, 0.717) is 42.2 Å². The Morgan fingerprint density at radius 3 is 2.34 bits per heavy atom. The fraction of sp³-hybridized carbons (Fsp3) is 0.308. The van der Waals surface area contributed by atoms with Gasteiger partial charge in [-0.3, -0.25) is 9.59 Å². The van der Waals surface area contributed by atoms with Crippen LogP contribution in [0, 0.1) is 32.1 Å². The minimum Gasteiger partial charge on any atom is -0.480 e. The van der Waals surface area contributed by atoms with Crippen LogP contribution in [0.15, 0.2) is 89.2 Å². The molecule has 0 bridgehead atoms. The lowest BCUT2D eigenvalue weighted by Gasteiger charge is -2.23. The number of aryl methyl sites for hydroxylation is 3. The molecule has 260 valence electrons. The second kappa shape index (κ2) is 17.6. The topological polar surface area (TPSA) is 156 Å². The number of amides is 3. The summed E-state index contributed by atoms with van der Waals surface area (Å²) in [6.45, 7) is 11.1. The van der Waals surface area contributed by atoms with Crippen LogP contribution in [0.5, 0.6) is 5.75 Å². The SMILES string of the molecule is CCCCC(Oc1ccc(C)cc1C)C(=O)NC1=CC(=O)C(NC(=O)Nc2ccc(C#N)cc2)=CC1=Nc1ccc(N(CC)CCO)cc1C. The van der Waals surface area contributed by atoms with Gasteiger partial charge in [0.1, 0.15) is 5.75 Å². The number of aliphatic hydroxyl groups excluding tert-OH is 1. The standard InChI is InChI=1S/C39H44N6O5/c1-6-8-9-37(50-36-17-10-25(3)20-27(36)5)38(48)43-33-23-35(47)34(44-39(49)41-29-13-11-28(24-40)12-14-29)22-32(33)42-31-16-15-30(21-26(31)4)45(7-2)18-19-46/h10-17,20-23,37,46H,6-9,18-19H2,1-5H3,(H,43,48)(H2,41,44,49). The third-order valence-corrected chi connectivity index (χ3v) is 8.13. The van der Waals surface area contributed by atoms with Crippen LogP contribution in [0.1, 0.15) is 55.4 Å². The number of hydrogen-bond acceptors (Lipinski definition) is 8. The number of carbonyl (C=O) groups excluding carboxylic acids is 3. The third-order valence-electron chi connectivity index (χ3n) is 8.13. The van der Waals surface area contributed by atoms with Gasteiger partial charge < -0.3 is 30.7 Å². The summed E-state index contributed by atoms with van der Waals surface area (Å²) in [7, 11) is 0. The molecule has 0 aliphatic heterocycles.